The van der Waals surface area contributed by atoms with Crippen molar-refractivity contribution in [3.05, 3.63) is 0 Å². The zero-order valence-corrected chi connectivity index (χ0v) is 7.85. The molecule has 0 aromatic heterocycles. The normalized spacial score (nSPS) is 32.7. The molecule has 1 rings (SSSR count). The van der Waals surface area contributed by atoms with Crippen LogP contribution in [0.15, 0.2) is 0 Å². The van der Waals surface area contributed by atoms with Crippen LogP contribution in [0.25, 0.3) is 0 Å². The summed E-state index contributed by atoms with van der Waals surface area (Å²) < 4.78 is 0. The first-order valence-electron chi connectivity index (χ1n) is 4.52. The molecule has 1 fully saturated rings. The summed E-state index contributed by atoms with van der Waals surface area (Å²) in [6.07, 6.45) is 3.72. The molecule has 0 radical (unpaired) electrons. The van der Waals surface area contributed by atoms with Gasteiger partial charge in [-0.2, -0.15) is 0 Å². The van der Waals surface area contributed by atoms with Gasteiger partial charge in [0.2, 0.25) is 0 Å². The molecule has 0 spiro atoms. The Bertz CT molecular complexity index is 126. The van der Waals surface area contributed by atoms with Gasteiger partial charge in [0.1, 0.15) is 0 Å². The maximum atomic E-state index is 5.92. The van der Waals surface area contributed by atoms with Crippen molar-refractivity contribution >= 4 is 0 Å². The van der Waals surface area contributed by atoms with E-state index >= 15 is 0 Å². The highest BCUT2D eigenvalue weighted by molar-refractivity contribution is 4.89. The van der Waals surface area contributed by atoms with Gasteiger partial charge in [-0.15, -0.1) is 0 Å². The zero-order chi connectivity index (χ0) is 8.48. The molecule has 2 atom stereocenters. The molecule has 1 saturated carbocycles. The van der Waals surface area contributed by atoms with E-state index in [1.807, 2.05) is 0 Å². The summed E-state index contributed by atoms with van der Waals surface area (Å²) in [7, 11) is 0. The van der Waals surface area contributed by atoms with Gasteiger partial charge in [0.05, 0.1) is 0 Å². The molecular formula is C9H20N2. The van der Waals surface area contributed by atoms with E-state index in [2.05, 4.69) is 26.1 Å². The minimum Gasteiger partial charge on any atom is -0.326 e. The number of rotatable bonds is 1. The lowest BCUT2D eigenvalue weighted by molar-refractivity contribution is 0.343. The van der Waals surface area contributed by atoms with Gasteiger partial charge in [0.25, 0.3) is 0 Å². The third-order valence-electron chi connectivity index (χ3n) is 2.19. The fourth-order valence-electron chi connectivity index (χ4n) is 1.72. The third kappa shape index (κ3) is 2.80. The van der Waals surface area contributed by atoms with Crippen LogP contribution in [0.5, 0.6) is 0 Å². The molecule has 1 aliphatic carbocycles. The van der Waals surface area contributed by atoms with Crippen LogP contribution in [0.1, 0.15) is 40.0 Å². The molecule has 0 aromatic carbocycles. The van der Waals surface area contributed by atoms with Crippen LogP contribution in [0.4, 0.5) is 0 Å². The SMILES string of the molecule is CC(C)(C)NC1CCCC1N. The Morgan fingerprint density at radius 1 is 1.27 bits per heavy atom. The van der Waals surface area contributed by atoms with Gasteiger partial charge in [0.15, 0.2) is 0 Å². The third-order valence-corrected chi connectivity index (χ3v) is 2.19. The van der Waals surface area contributed by atoms with E-state index in [4.69, 9.17) is 5.73 Å². The van der Waals surface area contributed by atoms with E-state index in [1.54, 1.807) is 0 Å². The molecule has 0 bridgehead atoms. The number of hydrogen-bond acceptors (Lipinski definition) is 2. The van der Waals surface area contributed by atoms with Gasteiger partial charge < -0.3 is 11.1 Å². The molecule has 0 saturated heterocycles. The van der Waals surface area contributed by atoms with Crippen LogP contribution in [0, 0.1) is 0 Å². The smallest absolute Gasteiger partial charge is 0.0223 e. The van der Waals surface area contributed by atoms with E-state index in [9.17, 15) is 0 Å². The highest BCUT2D eigenvalue weighted by Gasteiger charge is 2.26. The number of hydrogen-bond donors (Lipinski definition) is 2. The average molecular weight is 156 g/mol. The maximum absolute atomic E-state index is 5.92. The Kier molecular flexibility index (Phi) is 2.55. The van der Waals surface area contributed by atoms with Gasteiger partial charge >= 0.3 is 0 Å². The number of nitrogens with two attached hydrogens (primary N) is 1. The fraction of sp³-hybridized carbons (Fsp3) is 1.00. The molecule has 0 amide bonds. The molecular weight excluding hydrogens is 136 g/mol. The second kappa shape index (κ2) is 3.11. The summed E-state index contributed by atoms with van der Waals surface area (Å²) in [5.41, 5.74) is 6.14. The predicted molar refractivity (Wildman–Crippen MR) is 48.5 cm³/mol. The van der Waals surface area contributed by atoms with Gasteiger partial charge in [-0.05, 0) is 33.6 Å². The highest BCUT2D eigenvalue weighted by Crippen LogP contribution is 2.19. The molecule has 11 heavy (non-hydrogen) atoms. The Balaban J connectivity index is 2.37. The molecule has 2 nitrogen and oxygen atoms in total. The fourth-order valence-corrected chi connectivity index (χ4v) is 1.72. The summed E-state index contributed by atoms with van der Waals surface area (Å²) in [6, 6.07) is 0.934. The van der Waals surface area contributed by atoms with E-state index in [-0.39, 0.29) is 5.54 Å². The first-order valence-corrected chi connectivity index (χ1v) is 4.52. The lowest BCUT2D eigenvalue weighted by Crippen LogP contribution is -2.49. The molecule has 2 unspecified atom stereocenters. The molecule has 3 N–H and O–H groups in total. The number of nitrogens with one attached hydrogen (secondary N) is 1. The molecule has 1 aliphatic rings. The second-order valence-corrected chi connectivity index (χ2v) is 4.60. The largest absolute Gasteiger partial charge is 0.326 e. The second-order valence-electron chi connectivity index (χ2n) is 4.60. The highest BCUT2D eigenvalue weighted by atomic mass is 15.0. The molecule has 0 aliphatic heterocycles. The van der Waals surface area contributed by atoms with Crippen molar-refractivity contribution in [3.63, 3.8) is 0 Å². The average Bonchev–Trinajstić information content (AvgIpc) is 2.12. The summed E-state index contributed by atoms with van der Waals surface area (Å²) in [6.45, 7) is 6.58. The topological polar surface area (TPSA) is 38.0 Å². The Morgan fingerprint density at radius 3 is 2.27 bits per heavy atom. The van der Waals surface area contributed by atoms with Crippen molar-refractivity contribution in [3.8, 4) is 0 Å². The molecule has 2 heteroatoms. The minimum absolute atomic E-state index is 0.215. The Morgan fingerprint density at radius 2 is 1.91 bits per heavy atom. The van der Waals surface area contributed by atoms with E-state index in [0.717, 1.165) is 0 Å². The standard InChI is InChI=1S/C9H20N2/c1-9(2,3)11-8-6-4-5-7(8)10/h7-8,11H,4-6,10H2,1-3H3. The van der Waals surface area contributed by atoms with Crippen LogP contribution >= 0.6 is 0 Å². The maximum Gasteiger partial charge on any atom is 0.0223 e. The summed E-state index contributed by atoms with van der Waals surface area (Å²) in [5.74, 6) is 0. The van der Waals surface area contributed by atoms with Crippen molar-refractivity contribution < 1.29 is 0 Å². The van der Waals surface area contributed by atoms with Crippen LogP contribution in [-0.4, -0.2) is 17.6 Å². The van der Waals surface area contributed by atoms with Crippen molar-refractivity contribution in [2.75, 3.05) is 0 Å². The van der Waals surface area contributed by atoms with Crippen molar-refractivity contribution in [2.24, 2.45) is 5.73 Å². The van der Waals surface area contributed by atoms with Crippen LogP contribution in [-0.2, 0) is 0 Å². The summed E-state index contributed by atoms with van der Waals surface area (Å²) in [4.78, 5) is 0. The van der Waals surface area contributed by atoms with E-state index in [1.165, 1.54) is 19.3 Å². The Labute approximate surface area is 69.5 Å². The van der Waals surface area contributed by atoms with E-state index < -0.39 is 0 Å². The molecule has 66 valence electrons. The molecule has 0 heterocycles. The summed E-state index contributed by atoms with van der Waals surface area (Å²) >= 11 is 0. The van der Waals surface area contributed by atoms with Crippen LogP contribution in [0.2, 0.25) is 0 Å². The lowest BCUT2D eigenvalue weighted by Gasteiger charge is -2.28. The first kappa shape index (κ1) is 9.01. The molecule has 0 aromatic rings. The van der Waals surface area contributed by atoms with Gasteiger partial charge in [-0.3, -0.25) is 0 Å². The van der Waals surface area contributed by atoms with Crippen LogP contribution in [0.3, 0.4) is 0 Å². The minimum atomic E-state index is 0.215. The zero-order valence-electron chi connectivity index (χ0n) is 7.85. The quantitative estimate of drug-likeness (QED) is 0.599. The van der Waals surface area contributed by atoms with Crippen molar-refractivity contribution in [2.45, 2.75) is 57.7 Å². The van der Waals surface area contributed by atoms with E-state index in [0.29, 0.717) is 12.1 Å². The lowest BCUT2D eigenvalue weighted by atomic mass is 10.1. The predicted octanol–water partition coefficient (Wildman–Crippen LogP) is 1.25. The van der Waals surface area contributed by atoms with Gasteiger partial charge in [-0.1, -0.05) is 6.42 Å². The van der Waals surface area contributed by atoms with Gasteiger partial charge in [0, 0.05) is 17.6 Å². The summed E-state index contributed by atoms with van der Waals surface area (Å²) in [5, 5.41) is 3.54. The van der Waals surface area contributed by atoms with Crippen molar-refractivity contribution in [1.82, 2.24) is 5.32 Å². The first-order chi connectivity index (χ1) is 4.99. The Hall–Kier alpha value is -0.0800. The van der Waals surface area contributed by atoms with Crippen molar-refractivity contribution in [1.29, 1.82) is 0 Å². The van der Waals surface area contributed by atoms with Crippen LogP contribution < -0.4 is 11.1 Å². The van der Waals surface area contributed by atoms with Gasteiger partial charge in [-0.25, -0.2) is 0 Å². The monoisotopic (exact) mass is 156 g/mol.